The zero-order valence-electron chi connectivity index (χ0n) is 11.9. The van der Waals surface area contributed by atoms with Gasteiger partial charge in [0.25, 0.3) is 0 Å². The Hall–Kier alpha value is -1.09. The fourth-order valence-electron chi connectivity index (χ4n) is 1.98. The number of rotatable bonds is 7. The second-order valence-corrected chi connectivity index (χ2v) is 5.20. The molecule has 18 heavy (non-hydrogen) atoms. The summed E-state index contributed by atoms with van der Waals surface area (Å²) in [5.74, 6) is 0.483. The summed E-state index contributed by atoms with van der Waals surface area (Å²) in [6, 6.07) is 7.13. The van der Waals surface area contributed by atoms with Crippen LogP contribution in [0.3, 0.4) is 0 Å². The Bertz CT molecular complexity index is 335. The van der Waals surface area contributed by atoms with Crippen LogP contribution in [0.5, 0.6) is 0 Å². The van der Waals surface area contributed by atoms with E-state index in [9.17, 15) is 4.39 Å². The minimum absolute atomic E-state index is 0.182. The number of nitrogens with zero attached hydrogens (tertiary/aromatic N) is 1. The standard InChI is InChI=1S/C15H25FN2/c1-5-14(11-17-10-12(2)3)18(4)15-8-6-13(16)7-9-15/h6-9,12,14,17H,5,10-11H2,1-4H3. The summed E-state index contributed by atoms with van der Waals surface area (Å²) in [7, 11) is 2.07. The van der Waals surface area contributed by atoms with Crippen molar-refractivity contribution in [3.63, 3.8) is 0 Å². The monoisotopic (exact) mass is 252 g/mol. The summed E-state index contributed by atoms with van der Waals surface area (Å²) in [4.78, 5) is 2.22. The summed E-state index contributed by atoms with van der Waals surface area (Å²) in [5.41, 5.74) is 1.06. The van der Waals surface area contributed by atoms with E-state index in [1.165, 1.54) is 12.1 Å². The highest BCUT2D eigenvalue weighted by Crippen LogP contribution is 2.16. The predicted molar refractivity (Wildman–Crippen MR) is 76.6 cm³/mol. The molecule has 0 spiro atoms. The van der Waals surface area contributed by atoms with Gasteiger partial charge in [0.05, 0.1) is 0 Å². The van der Waals surface area contributed by atoms with Crippen LogP contribution in [0, 0.1) is 11.7 Å². The van der Waals surface area contributed by atoms with E-state index in [1.807, 2.05) is 12.1 Å². The number of halogens is 1. The zero-order chi connectivity index (χ0) is 13.5. The van der Waals surface area contributed by atoms with Crippen LogP contribution < -0.4 is 10.2 Å². The third-order valence-corrected chi connectivity index (χ3v) is 3.19. The van der Waals surface area contributed by atoms with E-state index in [4.69, 9.17) is 0 Å². The average molecular weight is 252 g/mol. The number of likely N-dealkylation sites (N-methyl/N-ethyl adjacent to an activating group) is 1. The summed E-state index contributed by atoms with van der Waals surface area (Å²) >= 11 is 0. The smallest absolute Gasteiger partial charge is 0.123 e. The van der Waals surface area contributed by atoms with Crippen LogP contribution >= 0.6 is 0 Å². The predicted octanol–water partition coefficient (Wildman–Crippen LogP) is 3.29. The minimum Gasteiger partial charge on any atom is -0.370 e. The van der Waals surface area contributed by atoms with Crippen molar-refractivity contribution in [2.24, 2.45) is 5.92 Å². The summed E-state index contributed by atoms with van der Waals surface area (Å²) < 4.78 is 12.9. The molecule has 0 radical (unpaired) electrons. The van der Waals surface area contributed by atoms with E-state index in [0.717, 1.165) is 25.2 Å². The molecule has 0 saturated heterocycles. The molecule has 0 amide bonds. The van der Waals surface area contributed by atoms with Crippen molar-refractivity contribution >= 4 is 5.69 Å². The first-order valence-corrected chi connectivity index (χ1v) is 6.73. The molecule has 0 aromatic heterocycles. The van der Waals surface area contributed by atoms with Gasteiger partial charge in [0.1, 0.15) is 5.82 Å². The molecule has 1 aromatic rings. The van der Waals surface area contributed by atoms with Gasteiger partial charge in [0.15, 0.2) is 0 Å². The third kappa shape index (κ3) is 4.65. The Morgan fingerprint density at radius 2 is 1.78 bits per heavy atom. The van der Waals surface area contributed by atoms with E-state index >= 15 is 0 Å². The van der Waals surface area contributed by atoms with E-state index in [1.54, 1.807) is 0 Å². The highest BCUT2D eigenvalue weighted by atomic mass is 19.1. The molecule has 102 valence electrons. The van der Waals surface area contributed by atoms with Gasteiger partial charge in [-0.25, -0.2) is 4.39 Å². The third-order valence-electron chi connectivity index (χ3n) is 3.19. The van der Waals surface area contributed by atoms with Crippen LogP contribution in [-0.2, 0) is 0 Å². The molecule has 0 aliphatic heterocycles. The van der Waals surface area contributed by atoms with E-state index in [-0.39, 0.29) is 5.82 Å². The first-order chi connectivity index (χ1) is 8.54. The van der Waals surface area contributed by atoms with Gasteiger partial charge in [-0.3, -0.25) is 0 Å². The molecule has 1 rings (SSSR count). The Kier molecular flexibility index (Phi) is 6.13. The van der Waals surface area contributed by atoms with Crippen LogP contribution in [-0.4, -0.2) is 26.2 Å². The van der Waals surface area contributed by atoms with Crippen LogP contribution in [0.1, 0.15) is 27.2 Å². The molecule has 0 aliphatic carbocycles. The van der Waals surface area contributed by atoms with Gasteiger partial charge in [-0.05, 0) is 43.1 Å². The molecule has 0 saturated carbocycles. The Balaban J connectivity index is 2.55. The zero-order valence-corrected chi connectivity index (χ0v) is 11.9. The van der Waals surface area contributed by atoms with Gasteiger partial charge in [-0.15, -0.1) is 0 Å². The minimum atomic E-state index is -0.182. The highest BCUT2D eigenvalue weighted by molar-refractivity contribution is 5.46. The summed E-state index contributed by atoms with van der Waals surface area (Å²) in [5, 5.41) is 3.48. The van der Waals surface area contributed by atoms with Gasteiger partial charge in [0, 0.05) is 25.3 Å². The second-order valence-electron chi connectivity index (χ2n) is 5.20. The molecule has 1 unspecified atom stereocenters. The van der Waals surface area contributed by atoms with Crippen molar-refractivity contribution in [1.82, 2.24) is 5.32 Å². The van der Waals surface area contributed by atoms with Crippen LogP contribution in [0.2, 0.25) is 0 Å². The van der Waals surface area contributed by atoms with Gasteiger partial charge in [0.2, 0.25) is 0 Å². The van der Waals surface area contributed by atoms with Gasteiger partial charge in [-0.2, -0.15) is 0 Å². The molecule has 0 heterocycles. The van der Waals surface area contributed by atoms with Crippen molar-refractivity contribution < 1.29 is 4.39 Å². The van der Waals surface area contributed by atoms with Gasteiger partial charge in [-0.1, -0.05) is 20.8 Å². The van der Waals surface area contributed by atoms with E-state index < -0.39 is 0 Å². The van der Waals surface area contributed by atoms with E-state index in [2.05, 4.69) is 38.0 Å². The number of hydrogen-bond acceptors (Lipinski definition) is 2. The Morgan fingerprint density at radius 3 is 2.28 bits per heavy atom. The van der Waals surface area contributed by atoms with Gasteiger partial charge >= 0.3 is 0 Å². The largest absolute Gasteiger partial charge is 0.370 e. The Labute approximate surface area is 110 Å². The molecular formula is C15H25FN2. The Morgan fingerprint density at radius 1 is 1.17 bits per heavy atom. The fraction of sp³-hybridized carbons (Fsp3) is 0.600. The number of benzene rings is 1. The molecule has 1 N–H and O–H groups in total. The first kappa shape index (κ1) is 15.0. The molecule has 1 atom stereocenters. The van der Waals surface area contributed by atoms with Crippen LogP contribution in [0.25, 0.3) is 0 Å². The molecule has 0 bridgehead atoms. The molecule has 0 fully saturated rings. The van der Waals surface area contributed by atoms with Gasteiger partial charge < -0.3 is 10.2 Å². The maximum atomic E-state index is 12.9. The SMILES string of the molecule is CCC(CNCC(C)C)N(C)c1ccc(F)cc1. The molecule has 2 nitrogen and oxygen atoms in total. The molecular weight excluding hydrogens is 227 g/mol. The normalized spacial score (nSPS) is 12.8. The molecule has 3 heteroatoms. The van der Waals surface area contributed by atoms with Crippen molar-refractivity contribution in [1.29, 1.82) is 0 Å². The summed E-state index contributed by atoms with van der Waals surface area (Å²) in [6.45, 7) is 8.59. The number of nitrogens with one attached hydrogen (secondary N) is 1. The van der Waals surface area contributed by atoms with Crippen molar-refractivity contribution in [2.45, 2.75) is 33.2 Å². The lowest BCUT2D eigenvalue weighted by Gasteiger charge is -2.30. The number of hydrogen-bond donors (Lipinski definition) is 1. The maximum absolute atomic E-state index is 12.9. The fourth-order valence-corrected chi connectivity index (χ4v) is 1.98. The summed E-state index contributed by atoms with van der Waals surface area (Å²) in [6.07, 6.45) is 1.07. The lowest BCUT2D eigenvalue weighted by Crippen LogP contribution is -2.40. The topological polar surface area (TPSA) is 15.3 Å². The number of anilines is 1. The quantitative estimate of drug-likeness (QED) is 0.801. The van der Waals surface area contributed by atoms with E-state index in [0.29, 0.717) is 12.0 Å². The van der Waals surface area contributed by atoms with Crippen LogP contribution in [0.4, 0.5) is 10.1 Å². The first-order valence-electron chi connectivity index (χ1n) is 6.73. The van der Waals surface area contributed by atoms with Crippen LogP contribution in [0.15, 0.2) is 24.3 Å². The highest BCUT2D eigenvalue weighted by Gasteiger charge is 2.13. The maximum Gasteiger partial charge on any atom is 0.123 e. The average Bonchev–Trinajstić information content (AvgIpc) is 2.34. The lowest BCUT2D eigenvalue weighted by molar-refractivity contribution is 0.495. The van der Waals surface area contributed by atoms with Crippen molar-refractivity contribution in [3.05, 3.63) is 30.1 Å². The molecule has 1 aromatic carbocycles. The second kappa shape index (κ2) is 7.37. The van der Waals surface area contributed by atoms with Crippen molar-refractivity contribution in [2.75, 3.05) is 25.0 Å². The lowest BCUT2D eigenvalue weighted by atomic mass is 10.1. The van der Waals surface area contributed by atoms with Crippen molar-refractivity contribution in [3.8, 4) is 0 Å². The molecule has 0 aliphatic rings.